The summed E-state index contributed by atoms with van der Waals surface area (Å²) in [4.78, 5) is 4.11. The Morgan fingerprint density at radius 2 is 2.10 bits per heavy atom. The molecule has 156 valence electrons. The van der Waals surface area contributed by atoms with Crippen molar-refractivity contribution in [2.75, 3.05) is 0 Å². The Balaban J connectivity index is 0.000000158. The summed E-state index contributed by atoms with van der Waals surface area (Å²) >= 11 is 6.09. The largest absolute Gasteiger partial charge is 0.491 e. The maximum atomic E-state index is 12.7. The van der Waals surface area contributed by atoms with E-state index in [1.54, 1.807) is 19.2 Å². The Labute approximate surface area is 181 Å². The first-order valence-corrected chi connectivity index (χ1v) is 10.5. The van der Waals surface area contributed by atoms with Gasteiger partial charge in [-0.15, -0.1) is 0 Å². The Morgan fingerprint density at radius 1 is 1.30 bits per heavy atom. The third-order valence-corrected chi connectivity index (χ3v) is 5.83. The first-order valence-electron chi connectivity index (χ1n) is 10.2. The number of nitrogens with zero attached hydrogens (tertiary/aromatic N) is 3. The SMILES string of the molecule is C[C@H]1OB(O)c2ccc(F)cc21.Cc1nn(CC2CC2)cc1Cc1cccnc1Cl. The molecule has 5 rings (SSSR count). The second-order valence-electron chi connectivity index (χ2n) is 7.94. The molecule has 1 N–H and O–H groups in total. The Morgan fingerprint density at radius 3 is 2.83 bits per heavy atom. The van der Waals surface area contributed by atoms with E-state index >= 15 is 0 Å². The zero-order chi connectivity index (χ0) is 21.3. The number of halogens is 2. The van der Waals surface area contributed by atoms with E-state index in [-0.39, 0.29) is 11.9 Å². The maximum Gasteiger partial charge on any atom is 0.491 e. The summed E-state index contributed by atoms with van der Waals surface area (Å²) in [5.41, 5.74) is 4.81. The fraction of sp³-hybridized carbons (Fsp3) is 0.364. The smallest absolute Gasteiger partial charge is 0.423 e. The molecular formula is C22H24BClFN3O2. The van der Waals surface area contributed by atoms with Gasteiger partial charge in [0.15, 0.2) is 0 Å². The first-order chi connectivity index (χ1) is 14.4. The van der Waals surface area contributed by atoms with Crippen molar-refractivity contribution in [2.24, 2.45) is 5.92 Å². The third kappa shape index (κ3) is 4.91. The Hall–Kier alpha value is -2.22. The summed E-state index contributed by atoms with van der Waals surface area (Å²) in [6, 6.07) is 8.22. The highest BCUT2D eigenvalue weighted by Gasteiger charge is 2.32. The number of hydrogen-bond acceptors (Lipinski definition) is 4. The van der Waals surface area contributed by atoms with Gasteiger partial charge in [-0.25, -0.2) is 9.37 Å². The monoisotopic (exact) mass is 427 g/mol. The summed E-state index contributed by atoms with van der Waals surface area (Å²) in [7, 11) is -0.893. The summed E-state index contributed by atoms with van der Waals surface area (Å²) < 4.78 is 19.9. The maximum absolute atomic E-state index is 12.7. The number of aryl methyl sites for hydroxylation is 1. The molecule has 8 heteroatoms. The van der Waals surface area contributed by atoms with Crippen LogP contribution in [0.5, 0.6) is 0 Å². The Kier molecular flexibility index (Phi) is 6.23. The van der Waals surface area contributed by atoms with Gasteiger partial charge in [-0.2, -0.15) is 5.10 Å². The van der Waals surface area contributed by atoms with Gasteiger partial charge in [0.25, 0.3) is 0 Å². The van der Waals surface area contributed by atoms with E-state index in [0.717, 1.165) is 35.7 Å². The molecule has 1 saturated carbocycles. The van der Waals surface area contributed by atoms with Crippen LogP contribution in [0.2, 0.25) is 5.15 Å². The minimum Gasteiger partial charge on any atom is -0.423 e. The highest BCUT2D eigenvalue weighted by molar-refractivity contribution is 6.61. The van der Waals surface area contributed by atoms with Crippen LogP contribution < -0.4 is 5.46 Å². The van der Waals surface area contributed by atoms with E-state index in [9.17, 15) is 9.41 Å². The second-order valence-corrected chi connectivity index (χ2v) is 8.30. The molecule has 1 aromatic carbocycles. The van der Waals surface area contributed by atoms with E-state index in [1.807, 2.05) is 12.1 Å². The normalized spacial score (nSPS) is 17.5. The lowest BCUT2D eigenvalue weighted by molar-refractivity contribution is 0.208. The van der Waals surface area contributed by atoms with E-state index in [2.05, 4.69) is 27.9 Å². The lowest BCUT2D eigenvalue weighted by Crippen LogP contribution is -2.27. The predicted octanol–water partition coefficient (Wildman–Crippen LogP) is 3.85. The molecule has 3 aromatic rings. The van der Waals surface area contributed by atoms with Crippen LogP contribution in [0.25, 0.3) is 0 Å². The summed E-state index contributed by atoms with van der Waals surface area (Å²) in [5, 5.41) is 14.5. The quantitative estimate of drug-likeness (QED) is 0.507. The number of pyridine rings is 1. The zero-order valence-electron chi connectivity index (χ0n) is 17.1. The lowest BCUT2D eigenvalue weighted by atomic mass is 9.79. The number of rotatable bonds is 4. The van der Waals surface area contributed by atoms with E-state index in [0.29, 0.717) is 10.6 Å². The van der Waals surface area contributed by atoms with Crippen molar-refractivity contribution >= 4 is 24.2 Å². The molecule has 2 aromatic heterocycles. The lowest BCUT2D eigenvalue weighted by Gasteiger charge is -2.02. The predicted molar refractivity (Wildman–Crippen MR) is 115 cm³/mol. The third-order valence-electron chi connectivity index (χ3n) is 5.49. The minimum absolute atomic E-state index is 0.217. The van der Waals surface area contributed by atoms with Crippen LogP contribution >= 0.6 is 11.6 Å². The molecule has 2 aliphatic rings. The van der Waals surface area contributed by atoms with Crippen LogP contribution in [-0.2, 0) is 17.6 Å². The second kappa shape index (κ2) is 8.88. The molecule has 0 saturated heterocycles. The van der Waals surface area contributed by atoms with Gasteiger partial charge in [-0.3, -0.25) is 4.68 Å². The average Bonchev–Trinajstić information content (AvgIpc) is 3.39. The van der Waals surface area contributed by atoms with Crippen LogP contribution in [0.1, 0.15) is 48.3 Å². The standard InChI is InChI=1S/C14H16ClN3.C8H8BFO2/c1-10-13(7-12-3-2-6-16-14(12)15)9-18(17-10)8-11-4-5-11;1-5-7-4-6(10)2-3-8(7)9(11)12-5/h2-3,6,9,11H,4-5,7-8H2,1H3;2-5,11H,1H3/t;5-/m.1/s1. The van der Waals surface area contributed by atoms with Crippen molar-refractivity contribution in [3.8, 4) is 0 Å². The van der Waals surface area contributed by atoms with Crippen LogP contribution in [0.4, 0.5) is 4.39 Å². The van der Waals surface area contributed by atoms with Crippen molar-refractivity contribution in [3.63, 3.8) is 0 Å². The van der Waals surface area contributed by atoms with Gasteiger partial charge >= 0.3 is 7.12 Å². The minimum atomic E-state index is -0.893. The van der Waals surface area contributed by atoms with Crippen molar-refractivity contribution in [2.45, 2.75) is 45.8 Å². The van der Waals surface area contributed by atoms with Gasteiger partial charge in [-0.1, -0.05) is 23.7 Å². The zero-order valence-corrected chi connectivity index (χ0v) is 17.8. The molecule has 30 heavy (non-hydrogen) atoms. The molecule has 0 amide bonds. The van der Waals surface area contributed by atoms with Crippen LogP contribution in [0, 0.1) is 18.7 Å². The molecule has 0 bridgehead atoms. The fourth-order valence-electron chi connectivity index (χ4n) is 3.61. The number of benzene rings is 1. The molecule has 5 nitrogen and oxygen atoms in total. The average molecular weight is 428 g/mol. The molecular weight excluding hydrogens is 404 g/mol. The summed E-state index contributed by atoms with van der Waals surface area (Å²) in [5.74, 6) is 0.553. The molecule has 3 heterocycles. The molecule has 1 atom stereocenters. The van der Waals surface area contributed by atoms with Gasteiger partial charge < -0.3 is 9.68 Å². The Bertz CT molecular complexity index is 1040. The van der Waals surface area contributed by atoms with Crippen molar-refractivity contribution in [1.29, 1.82) is 0 Å². The summed E-state index contributed by atoms with van der Waals surface area (Å²) in [6.45, 7) is 4.90. The first kappa shape index (κ1) is 21.0. The van der Waals surface area contributed by atoms with Gasteiger partial charge in [-0.05, 0) is 73.0 Å². The van der Waals surface area contributed by atoms with Crippen molar-refractivity contribution in [1.82, 2.24) is 14.8 Å². The van der Waals surface area contributed by atoms with Gasteiger partial charge in [0.2, 0.25) is 0 Å². The molecule has 1 fully saturated rings. The van der Waals surface area contributed by atoms with Crippen LogP contribution in [0.15, 0.2) is 42.7 Å². The fourth-order valence-corrected chi connectivity index (χ4v) is 3.80. The molecule has 0 unspecified atom stereocenters. The number of hydrogen-bond donors (Lipinski definition) is 1. The molecule has 1 aliphatic carbocycles. The van der Waals surface area contributed by atoms with E-state index in [4.69, 9.17) is 16.3 Å². The molecule has 0 spiro atoms. The topological polar surface area (TPSA) is 60.2 Å². The van der Waals surface area contributed by atoms with E-state index < -0.39 is 7.12 Å². The van der Waals surface area contributed by atoms with Crippen LogP contribution in [0.3, 0.4) is 0 Å². The number of fused-ring (bicyclic) bond motifs is 1. The van der Waals surface area contributed by atoms with Crippen molar-refractivity contribution < 1.29 is 14.1 Å². The highest BCUT2D eigenvalue weighted by Crippen LogP contribution is 2.30. The molecule has 0 radical (unpaired) electrons. The van der Waals surface area contributed by atoms with Gasteiger partial charge in [0.05, 0.1) is 11.8 Å². The summed E-state index contributed by atoms with van der Waals surface area (Å²) in [6.07, 6.45) is 7.16. The highest BCUT2D eigenvalue weighted by atomic mass is 35.5. The van der Waals surface area contributed by atoms with Crippen LogP contribution in [-0.4, -0.2) is 26.9 Å². The number of aromatic nitrogens is 3. The van der Waals surface area contributed by atoms with Gasteiger partial charge in [0.1, 0.15) is 11.0 Å². The van der Waals surface area contributed by atoms with Crippen molar-refractivity contribution in [3.05, 3.63) is 76.1 Å². The van der Waals surface area contributed by atoms with E-state index in [1.165, 1.54) is 30.5 Å². The molecule has 1 aliphatic heterocycles. The van der Waals surface area contributed by atoms with Gasteiger partial charge in [0, 0.05) is 25.4 Å².